The molecular formula is C13H22N2O. The van der Waals surface area contributed by atoms with Crippen LogP contribution in [0.1, 0.15) is 33.6 Å². The van der Waals surface area contributed by atoms with Gasteiger partial charge in [0.15, 0.2) is 0 Å². The Bertz CT molecular complexity index is 321. The van der Waals surface area contributed by atoms with E-state index >= 15 is 0 Å². The van der Waals surface area contributed by atoms with Crippen molar-refractivity contribution >= 4 is 5.91 Å². The Morgan fingerprint density at radius 2 is 2.06 bits per heavy atom. The molecule has 1 heterocycles. The molecule has 0 spiro atoms. The van der Waals surface area contributed by atoms with Gasteiger partial charge >= 0.3 is 0 Å². The van der Waals surface area contributed by atoms with Gasteiger partial charge in [-0.1, -0.05) is 13.8 Å². The molecule has 1 saturated carbocycles. The highest BCUT2D eigenvalue weighted by Gasteiger charge is 2.45. The molecule has 3 heteroatoms. The van der Waals surface area contributed by atoms with Crippen molar-refractivity contribution in [2.75, 3.05) is 19.6 Å². The van der Waals surface area contributed by atoms with E-state index in [0.717, 1.165) is 25.2 Å². The third kappa shape index (κ3) is 2.14. The molecule has 1 saturated heterocycles. The average molecular weight is 222 g/mol. The summed E-state index contributed by atoms with van der Waals surface area (Å²) in [6.45, 7) is 9.05. The Hall–Kier alpha value is -0.830. The predicted octanol–water partition coefficient (Wildman–Crippen LogP) is 1.46. The van der Waals surface area contributed by atoms with Gasteiger partial charge in [0.25, 0.3) is 0 Å². The van der Waals surface area contributed by atoms with E-state index in [1.807, 2.05) is 6.92 Å². The Labute approximate surface area is 97.7 Å². The largest absolute Gasteiger partial charge is 0.352 e. The van der Waals surface area contributed by atoms with E-state index < -0.39 is 0 Å². The zero-order valence-electron chi connectivity index (χ0n) is 10.5. The number of hydrogen-bond acceptors (Lipinski definition) is 2. The third-order valence-electron chi connectivity index (χ3n) is 4.27. The summed E-state index contributed by atoms with van der Waals surface area (Å²) in [5, 5.41) is 6.25. The summed E-state index contributed by atoms with van der Waals surface area (Å²) in [7, 11) is 0. The predicted molar refractivity (Wildman–Crippen MR) is 65.1 cm³/mol. The number of nitrogens with one attached hydrogen (secondary N) is 2. The standard InChI is InChI=1S/C13H22N2O/c1-9(2)13(4-5-13)8-15-12(16)10(3)11-6-14-7-11/h9,14H,4-8H2,1-3H3,(H,15,16). The summed E-state index contributed by atoms with van der Waals surface area (Å²) >= 11 is 0. The van der Waals surface area contributed by atoms with E-state index in [-0.39, 0.29) is 5.91 Å². The van der Waals surface area contributed by atoms with Gasteiger partial charge in [0.05, 0.1) is 0 Å². The molecule has 1 aliphatic carbocycles. The van der Waals surface area contributed by atoms with Crippen LogP contribution in [0.2, 0.25) is 0 Å². The summed E-state index contributed by atoms with van der Waals surface area (Å²) in [6.07, 6.45) is 2.53. The Morgan fingerprint density at radius 3 is 2.44 bits per heavy atom. The number of hydrogen-bond donors (Lipinski definition) is 2. The van der Waals surface area contributed by atoms with Gasteiger partial charge in [0.1, 0.15) is 0 Å². The number of amides is 1. The molecule has 0 aromatic carbocycles. The minimum absolute atomic E-state index is 0.128. The molecule has 90 valence electrons. The summed E-state index contributed by atoms with van der Waals surface area (Å²) in [6, 6.07) is 0. The lowest BCUT2D eigenvalue weighted by molar-refractivity contribution is -0.117. The van der Waals surface area contributed by atoms with Gasteiger partial charge in [-0.25, -0.2) is 0 Å². The van der Waals surface area contributed by atoms with Crippen LogP contribution in [-0.2, 0) is 4.79 Å². The van der Waals surface area contributed by atoms with Gasteiger partial charge in [-0.2, -0.15) is 0 Å². The first kappa shape index (κ1) is 11.6. The first-order valence-corrected chi connectivity index (χ1v) is 6.23. The van der Waals surface area contributed by atoms with Crippen molar-refractivity contribution in [2.24, 2.45) is 11.3 Å². The number of carbonyl (C=O) groups excluding carboxylic acids is 1. The number of rotatable bonds is 4. The number of carbonyl (C=O) groups is 1. The molecule has 3 nitrogen and oxygen atoms in total. The van der Waals surface area contributed by atoms with Crippen molar-refractivity contribution in [2.45, 2.75) is 33.6 Å². The Kier molecular flexibility index (Phi) is 3.06. The fraction of sp³-hybridized carbons (Fsp3) is 0.769. The second-order valence-corrected chi connectivity index (χ2v) is 5.53. The van der Waals surface area contributed by atoms with Crippen LogP contribution in [0.3, 0.4) is 0 Å². The maximum Gasteiger partial charge on any atom is 0.246 e. The molecule has 0 aromatic heterocycles. The van der Waals surface area contributed by atoms with Crippen LogP contribution in [0.5, 0.6) is 0 Å². The topological polar surface area (TPSA) is 41.1 Å². The maximum atomic E-state index is 11.9. The molecule has 0 radical (unpaired) electrons. The van der Waals surface area contributed by atoms with Crippen LogP contribution in [-0.4, -0.2) is 25.5 Å². The van der Waals surface area contributed by atoms with Crippen LogP contribution in [0.15, 0.2) is 11.1 Å². The zero-order chi connectivity index (χ0) is 11.8. The quantitative estimate of drug-likeness (QED) is 0.707. The van der Waals surface area contributed by atoms with E-state index in [1.165, 1.54) is 18.4 Å². The third-order valence-corrected chi connectivity index (χ3v) is 4.27. The smallest absolute Gasteiger partial charge is 0.246 e. The fourth-order valence-electron chi connectivity index (χ4n) is 2.18. The lowest BCUT2D eigenvalue weighted by Crippen LogP contribution is -2.39. The minimum atomic E-state index is 0.128. The maximum absolute atomic E-state index is 11.9. The van der Waals surface area contributed by atoms with Gasteiger partial charge in [-0.3, -0.25) is 4.79 Å². The van der Waals surface area contributed by atoms with Gasteiger partial charge in [-0.15, -0.1) is 0 Å². The Morgan fingerprint density at radius 1 is 1.44 bits per heavy atom. The van der Waals surface area contributed by atoms with Gasteiger partial charge in [0, 0.05) is 25.2 Å². The van der Waals surface area contributed by atoms with Crippen molar-refractivity contribution in [3.8, 4) is 0 Å². The molecule has 2 N–H and O–H groups in total. The molecule has 16 heavy (non-hydrogen) atoms. The summed E-state index contributed by atoms with van der Waals surface area (Å²) < 4.78 is 0. The molecule has 0 aromatic rings. The van der Waals surface area contributed by atoms with E-state index in [4.69, 9.17) is 0 Å². The highest BCUT2D eigenvalue weighted by Crippen LogP contribution is 2.51. The van der Waals surface area contributed by atoms with Gasteiger partial charge in [0.2, 0.25) is 5.91 Å². The van der Waals surface area contributed by atoms with Crippen LogP contribution in [0.4, 0.5) is 0 Å². The molecule has 0 atom stereocenters. The minimum Gasteiger partial charge on any atom is -0.352 e. The molecule has 0 bridgehead atoms. The lowest BCUT2D eigenvalue weighted by Gasteiger charge is -2.23. The van der Waals surface area contributed by atoms with Crippen molar-refractivity contribution in [3.05, 3.63) is 11.1 Å². The van der Waals surface area contributed by atoms with Gasteiger partial charge in [-0.05, 0) is 36.7 Å². The van der Waals surface area contributed by atoms with E-state index in [1.54, 1.807) is 0 Å². The average Bonchev–Trinajstić information content (AvgIpc) is 2.92. The van der Waals surface area contributed by atoms with Crippen LogP contribution >= 0.6 is 0 Å². The molecule has 1 amide bonds. The highest BCUT2D eigenvalue weighted by atomic mass is 16.1. The summed E-state index contributed by atoms with van der Waals surface area (Å²) in [4.78, 5) is 11.9. The van der Waals surface area contributed by atoms with E-state index in [9.17, 15) is 4.79 Å². The molecule has 2 fully saturated rings. The fourth-order valence-corrected chi connectivity index (χ4v) is 2.18. The first-order chi connectivity index (χ1) is 7.55. The first-order valence-electron chi connectivity index (χ1n) is 6.23. The zero-order valence-corrected chi connectivity index (χ0v) is 10.5. The SMILES string of the molecule is CC(C(=O)NCC1(C(C)C)CC1)=C1CNC1. The molecule has 0 unspecified atom stereocenters. The molecule has 2 rings (SSSR count). The molecule has 1 aliphatic heterocycles. The monoisotopic (exact) mass is 222 g/mol. The van der Waals surface area contributed by atoms with E-state index in [0.29, 0.717) is 11.3 Å². The normalized spacial score (nSPS) is 21.6. The van der Waals surface area contributed by atoms with Crippen LogP contribution in [0.25, 0.3) is 0 Å². The Balaban J connectivity index is 1.84. The van der Waals surface area contributed by atoms with Crippen molar-refractivity contribution in [1.29, 1.82) is 0 Å². The summed E-state index contributed by atoms with van der Waals surface area (Å²) in [5.74, 6) is 0.801. The second kappa shape index (κ2) is 4.21. The molecular weight excluding hydrogens is 200 g/mol. The van der Waals surface area contributed by atoms with Crippen LogP contribution < -0.4 is 10.6 Å². The molecule has 2 aliphatic rings. The van der Waals surface area contributed by atoms with Crippen molar-refractivity contribution < 1.29 is 4.79 Å². The van der Waals surface area contributed by atoms with E-state index in [2.05, 4.69) is 24.5 Å². The van der Waals surface area contributed by atoms with Crippen LogP contribution in [0, 0.1) is 11.3 Å². The lowest BCUT2D eigenvalue weighted by atomic mass is 9.92. The second-order valence-electron chi connectivity index (χ2n) is 5.53. The van der Waals surface area contributed by atoms with Crippen molar-refractivity contribution in [1.82, 2.24) is 10.6 Å². The van der Waals surface area contributed by atoms with Crippen molar-refractivity contribution in [3.63, 3.8) is 0 Å². The highest BCUT2D eigenvalue weighted by molar-refractivity contribution is 5.94. The summed E-state index contributed by atoms with van der Waals surface area (Å²) in [5.41, 5.74) is 2.57. The van der Waals surface area contributed by atoms with Gasteiger partial charge < -0.3 is 10.6 Å².